The molecule has 0 bridgehead atoms. The Labute approximate surface area is 116 Å². The summed E-state index contributed by atoms with van der Waals surface area (Å²) >= 11 is 0. The average molecular weight is 281 g/mol. The summed E-state index contributed by atoms with van der Waals surface area (Å²) in [6.07, 6.45) is 1.30. The topological polar surface area (TPSA) is 49.6 Å². The smallest absolute Gasteiger partial charge is 0.223 e. The zero-order valence-corrected chi connectivity index (χ0v) is 11.1. The molecule has 1 atom stereocenters. The van der Waals surface area contributed by atoms with Gasteiger partial charge in [-0.2, -0.15) is 0 Å². The number of amides is 1. The average Bonchev–Trinajstić information content (AvgIpc) is 2.79. The van der Waals surface area contributed by atoms with Crippen molar-refractivity contribution in [3.05, 3.63) is 29.3 Å². The van der Waals surface area contributed by atoms with Gasteiger partial charge in [-0.15, -0.1) is 0 Å². The van der Waals surface area contributed by atoms with Crippen LogP contribution in [0.5, 0.6) is 0 Å². The van der Waals surface area contributed by atoms with E-state index in [0.29, 0.717) is 31.6 Å². The van der Waals surface area contributed by atoms with E-state index in [9.17, 15) is 13.6 Å². The number of carbonyl (C=O) groups excluding carboxylic acids is 1. The van der Waals surface area contributed by atoms with E-state index in [-0.39, 0.29) is 24.2 Å². The molecular formula is C14H17F2N3O. The molecule has 108 valence electrons. The number of nitrogens with two attached hydrogens (primary N) is 1. The molecule has 1 unspecified atom stereocenters. The molecule has 4 nitrogen and oxygen atoms in total. The lowest BCUT2D eigenvalue weighted by Gasteiger charge is -2.39. The van der Waals surface area contributed by atoms with Crippen molar-refractivity contribution in [1.29, 1.82) is 0 Å². The summed E-state index contributed by atoms with van der Waals surface area (Å²) in [5, 5.41) is 0. The van der Waals surface area contributed by atoms with Gasteiger partial charge in [0.2, 0.25) is 5.91 Å². The Morgan fingerprint density at radius 1 is 1.25 bits per heavy atom. The largest absolute Gasteiger partial charge is 0.363 e. The van der Waals surface area contributed by atoms with E-state index in [1.807, 2.05) is 4.90 Å². The number of halogens is 2. The molecule has 1 aromatic rings. The standard InChI is InChI=1S/C14H17F2N3O/c15-11-5-9(7-17)6-12(16)14(11)18-3-4-19-10(8-18)1-2-13(19)20/h5-6,10H,1-4,7-8,17H2. The number of benzene rings is 1. The minimum absolute atomic E-state index is 0.00111. The van der Waals surface area contributed by atoms with Gasteiger partial charge >= 0.3 is 0 Å². The molecule has 0 spiro atoms. The lowest BCUT2D eigenvalue weighted by Crippen LogP contribution is -2.52. The molecular weight excluding hydrogens is 264 g/mol. The van der Waals surface area contributed by atoms with Crippen LogP contribution in [0.2, 0.25) is 0 Å². The first-order valence-electron chi connectivity index (χ1n) is 6.82. The van der Waals surface area contributed by atoms with Crippen LogP contribution in [0.3, 0.4) is 0 Å². The molecule has 0 aliphatic carbocycles. The number of hydrogen-bond acceptors (Lipinski definition) is 3. The Morgan fingerprint density at radius 2 is 1.95 bits per heavy atom. The van der Waals surface area contributed by atoms with Crippen LogP contribution in [-0.4, -0.2) is 36.5 Å². The first-order chi connectivity index (χ1) is 9.60. The molecule has 3 rings (SSSR count). The van der Waals surface area contributed by atoms with Gasteiger partial charge in [-0.25, -0.2) is 8.78 Å². The summed E-state index contributed by atoms with van der Waals surface area (Å²) in [6.45, 7) is 1.58. The fourth-order valence-electron chi connectivity index (χ4n) is 3.11. The van der Waals surface area contributed by atoms with E-state index in [4.69, 9.17) is 5.73 Å². The molecule has 0 radical (unpaired) electrons. The summed E-state index contributed by atoms with van der Waals surface area (Å²) in [5.74, 6) is -1.01. The molecule has 1 aromatic carbocycles. The number of fused-ring (bicyclic) bond motifs is 1. The van der Waals surface area contributed by atoms with Crippen molar-refractivity contribution in [2.24, 2.45) is 5.73 Å². The third-order valence-corrected chi connectivity index (χ3v) is 4.12. The highest BCUT2D eigenvalue weighted by atomic mass is 19.1. The predicted octanol–water partition coefficient (Wildman–Crippen LogP) is 1.23. The first-order valence-corrected chi connectivity index (χ1v) is 6.82. The van der Waals surface area contributed by atoms with Gasteiger partial charge in [0.25, 0.3) is 0 Å². The highest BCUT2D eigenvalue weighted by Crippen LogP contribution is 2.30. The van der Waals surface area contributed by atoms with E-state index in [2.05, 4.69) is 0 Å². The second kappa shape index (κ2) is 5.01. The van der Waals surface area contributed by atoms with Crippen LogP contribution >= 0.6 is 0 Å². The van der Waals surface area contributed by atoms with Gasteiger partial charge < -0.3 is 15.5 Å². The molecule has 2 fully saturated rings. The second-order valence-electron chi connectivity index (χ2n) is 5.34. The monoisotopic (exact) mass is 281 g/mol. The van der Waals surface area contributed by atoms with Crippen LogP contribution in [0.1, 0.15) is 18.4 Å². The molecule has 2 heterocycles. The van der Waals surface area contributed by atoms with Crippen molar-refractivity contribution >= 4 is 11.6 Å². The number of nitrogens with zero attached hydrogens (tertiary/aromatic N) is 2. The Kier molecular flexibility index (Phi) is 3.33. The van der Waals surface area contributed by atoms with E-state index in [0.717, 1.165) is 6.42 Å². The van der Waals surface area contributed by atoms with Crippen molar-refractivity contribution in [3.63, 3.8) is 0 Å². The zero-order chi connectivity index (χ0) is 14.3. The lowest BCUT2D eigenvalue weighted by atomic mass is 10.1. The number of carbonyl (C=O) groups is 1. The van der Waals surface area contributed by atoms with Crippen LogP contribution in [0.15, 0.2) is 12.1 Å². The molecule has 2 aliphatic heterocycles. The Morgan fingerprint density at radius 3 is 2.60 bits per heavy atom. The maximum absolute atomic E-state index is 14.1. The molecule has 6 heteroatoms. The summed E-state index contributed by atoms with van der Waals surface area (Å²) in [7, 11) is 0. The van der Waals surface area contributed by atoms with Crippen LogP contribution in [0.25, 0.3) is 0 Å². The molecule has 20 heavy (non-hydrogen) atoms. The third-order valence-electron chi connectivity index (χ3n) is 4.12. The van der Waals surface area contributed by atoms with E-state index < -0.39 is 11.6 Å². The molecule has 2 aliphatic rings. The Balaban J connectivity index is 1.86. The quantitative estimate of drug-likeness (QED) is 0.887. The maximum atomic E-state index is 14.1. The summed E-state index contributed by atoms with van der Waals surface area (Å²) < 4.78 is 28.2. The van der Waals surface area contributed by atoms with Crippen LogP contribution in [0, 0.1) is 11.6 Å². The fourth-order valence-corrected chi connectivity index (χ4v) is 3.11. The van der Waals surface area contributed by atoms with Crippen molar-refractivity contribution in [1.82, 2.24) is 4.90 Å². The zero-order valence-electron chi connectivity index (χ0n) is 11.1. The number of rotatable bonds is 2. The van der Waals surface area contributed by atoms with Gasteiger partial charge in [-0.05, 0) is 24.1 Å². The molecule has 1 amide bonds. The summed E-state index contributed by atoms with van der Waals surface area (Å²) in [5.41, 5.74) is 5.85. The van der Waals surface area contributed by atoms with Gasteiger partial charge in [0.1, 0.15) is 17.3 Å². The molecule has 2 saturated heterocycles. The van der Waals surface area contributed by atoms with Crippen LogP contribution < -0.4 is 10.6 Å². The highest BCUT2D eigenvalue weighted by molar-refractivity contribution is 5.79. The summed E-state index contributed by atoms with van der Waals surface area (Å²) in [6, 6.07) is 2.64. The fraction of sp³-hybridized carbons (Fsp3) is 0.500. The van der Waals surface area contributed by atoms with Crippen molar-refractivity contribution in [2.75, 3.05) is 24.5 Å². The summed E-state index contributed by atoms with van der Waals surface area (Å²) in [4.78, 5) is 15.1. The number of anilines is 1. The van der Waals surface area contributed by atoms with Gasteiger partial charge in [0, 0.05) is 38.6 Å². The Hall–Kier alpha value is -1.69. The molecule has 0 saturated carbocycles. The first kappa shape index (κ1) is 13.3. The van der Waals surface area contributed by atoms with Gasteiger partial charge in [-0.1, -0.05) is 0 Å². The maximum Gasteiger partial charge on any atom is 0.223 e. The second-order valence-corrected chi connectivity index (χ2v) is 5.34. The third kappa shape index (κ3) is 2.14. The lowest BCUT2D eigenvalue weighted by molar-refractivity contribution is -0.129. The van der Waals surface area contributed by atoms with E-state index in [1.165, 1.54) is 12.1 Å². The van der Waals surface area contributed by atoms with E-state index >= 15 is 0 Å². The van der Waals surface area contributed by atoms with Crippen molar-refractivity contribution < 1.29 is 13.6 Å². The predicted molar refractivity (Wildman–Crippen MR) is 71.2 cm³/mol. The number of piperazine rings is 1. The minimum atomic E-state index is -0.580. The van der Waals surface area contributed by atoms with Crippen LogP contribution in [0.4, 0.5) is 14.5 Å². The molecule has 2 N–H and O–H groups in total. The van der Waals surface area contributed by atoms with Gasteiger partial charge in [0.15, 0.2) is 0 Å². The van der Waals surface area contributed by atoms with Crippen molar-refractivity contribution in [2.45, 2.75) is 25.4 Å². The van der Waals surface area contributed by atoms with E-state index in [1.54, 1.807) is 4.90 Å². The SMILES string of the molecule is NCc1cc(F)c(N2CCN3C(=O)CCC3C2)c(F)c1. The highest BCUT2D eigenvalue weighted by Gasteiger charge is 2.36. The van der Waals surface area contributed by atoms with Gasteiger partial charge in [-0.3, -0.25) is 4.79 Å². The van der Waals surface area contributed by atoms with Crippen molar-refractivity contribution in [3.8, 4) is 0 Å². The van der Waals surface area contributed by atoms with Gasteiger partial charge in [0.05, 0.1) is 0 Å². The number of hydrogen-bond donors (Lipinski definition) is 1. The Bertz CT molecular complexity index is 526. The minimum Gasteiger partial charge on any atom is -0.363 e. The normalized spacial score (nSPS) is 22.4. The van der Waals surface area contributed by atoms with Crippen LogP contribution in [-0.2, 0) is 11.3 Å². The molecule has 0 aromatic heterocycles.